The molecule has 0 saturated heterocycles. The van der Waals surface area contributed by atoms with E-state index in [0.29, 0.717) is 32.1 Å². The number of carbonyl (C=O) groups excluding carboxylic acids is 4. The predicted molar refractivity (Wildman–Crippen MR) is 381 cm³/mol. The van der Waals surface area contributed by atoms with Crippen molar-refractivity contribution in [2.75, 3.05) is 39.6 Å². The molecule has 0 saturated carbocycles. The third-order valence-corrected chi connectivity index (χ3v) is 17.2. The Bertz CT molecular complexity index is 2120. The van der Waals surface area contributed by atoms with Gasteiger partial charge in [-0.2, -0.15) is 0 Å². The Hall–Kier alpha value is -3.76. The van der Waals surface area contributed by atoms with Gasteiger partial charge in [-0.3, -0.25) is 37.3 Å². The SMILES string of the molecule is CC/C=C\C/C=C\C/C=C\C/C=C\C/C=C\CCCC(=O)OCC(COP(=O)(O)OCC(O)COP(=O)(O)OCC(COC(=O)CCCCCCCCCCCCCCCCC)OC(=O)CCCCCCC/C=C\CCCC)OC(=O)CCCCCCC/C=C\CCCC. The molecule has 0 aromatic heterocycles. The number of esters is 4. The summed E-state index contributed by atoms with van der Waals surface area (Å²) in [4.78, 5) is 72.6. The maximum Gasteiger partial charge on any atom is 0.472 e. The zero-order valence-electron chi connectivity index (χ0n) is 59.1. The van der Waals surface area contributed by atoms with E-state index in [9.17, 15) is 43.2 Å². The normalized spacial score (nSPS) is 14.5. The summed E-state index contributed by atoms with van der Waals surface area (Å²) in [5.74, 6) is -2.25. The van der Waals surface area contributed by atoms with E-state index in [2.05, 4.69) is 101 Å². The average molecular weight is 1370 g/mol. The van der Waals surface area contributed by atoms with Crippen molar-refractivity contribution in [3.8, 4) is 0 Å². The number of phosphoric ester groups is 2. The monoisotopic (exact) mass is 1370 g/mol. The van der Waals surface area contributed by atoms with Gasteiger partial charge in [0, 0.05) is 25.7 Å². The molecule has 0 bridgehead atoms. The number of phosphoric acid groups is 2. The molecule has 0 aromatic rings. The fourth-order valence-electron chi connectivity index (χ4n) is 9.69. The minimum atomic E-state index is -4.98. The van der Waals surface area contributed by atoms with Crippen molar-refractivity contribution in [2.45, 2.75) is 329 Å². The van der Waals surface area contributed by atoms with Crippen molar-refractivity contribution < 1.29 is 80.2 Å². The highest BCUT2D eigenvalue weighted by Gasteiger charge is 2.30. The first-order valence-corrected chi connectivity index (χ1v) is 39.8. The summed E-state index contributed by atoms with van der Waals surface area (Å²) < 4.78 is 68.2. The van der Waals surface area contributed by atoms with Gasteiger partial charge < -0.3 is 33.8 Å². The quantitative estimate of drug-likeness (QED) is 0.0169. The number of carbonyl (C=O) groups is 4. The molecule has 17 nitrogen and oxygen atoms in total. The van der Waals surface area contributed by atoms with Crippen LogP contribution < -0.4 is 0 Å². The standard InChI is InChI=1S/C75H132O17P2/c1-5-9-13-17-21-25-29-31-33-34-36-38-42-44-48-52-56-60-73(78)86-66-71(92-75(80)62-58-54-50-46-40-28-24-20-16-12-8-4)68-90-94(83,84)88-64-69(76)63-87-93(81,82)89-67-70(91-74(79)61-57-53-49-45-39-27-23-19-15-11-7-3)65-85-72(77)59-55-51-47-43-41-37-35-32-30-26-22-18-14-10-6-2/h9,13,19-21,23-25,31,33,36,38,44,48,69-71,76H,5-8,10-12,14-18,22,26-30,32,34-35,37,39-43,45-47,49-68H2,1-4H3,(H,81,82)(H,83,84)/b13-9-,23-19-,24-20-,25-21-,33-31-,38-36-,48-44-. The van der Waals surface area contributed by atoms with E-state index in [1.807, 2.05) is 12.2 Å². The number of hydrogen-bond acceptors (Lipinski definition) is 15. The smallest absolute Gasteiger partial charge is 0.462 e. The Morgan fingerprint density at radius 1 is 0.309 bits per heavy atom. The van der Waals surface area contributed by atoms with E-state index in [4.69, 9.17) is 37.0 Å². The molecule has 0 heterocycles. The highest BCUT2D eigenvalue weighted by atomic mass is 31.2. The van der Waals surface area contributed by atoms with Crippen LogP contribution in [0.3, 0.4) is 0 Å². The number of aliphatic hydroxyl groups is 1. The van der Waals surface area contributed by atoms with Crippen LogP contribution in [-0.2, 0) is 65.4 Å². The Balaban J connectivity index is 5.32. The first-order chi connectivity index (χ1) is 45.7. The van der Waals surface area contributed by atoms with Crippen molar-refractivity contribution in [3.05, 3.63) is 85.1 Å². The third-order valence-electron chi connectivity index (χ3n) is 15.3. The molecule has 0 aliphatic rings. The average Bonchev–Trinajstić information content (AvgIpc) is 1.32. The first-order valence-electron chi connectivity index (χ1n) is 36.8. The summed E-state index contributed by atoms with van der Waals surface area (Å²) in [5, 5.41) is 10.6. The Labute approximate surface area is 570 Å². The maximum absolute atomic E-state index is 13.0. The molecule has 5 atom stereocenters. The second-order valence-electron chi connectivity index (χ2n) is 24.5. The second-order valence-corrected chi connectivity index (χ2v) is 27.4. The van der Waals surface area contributed by atoms with Crippen LogP contribution in [0.5, 0.6) is 0 Å². The minimum absolute atomic E-state index is 0.0728. The van der Waals surface area contributed by atoms with Gasteiger partial charge in [0.05, 0.1) is 26.4 Å². The number of unbranched alkanes of at least 4 members (excludes halogenated alkanes) is 29. The molecular weight excluding hydrogens is 1230 g/mol. The number of rotatable bonds is 69. The van der Waals surface area contributed by atoms with Gasteiger partial charge in [-0.05, 0) is 103 Å². The summed E-state index contributed by atoms with van der Waals surface area (Å²) in [6.07, 6.45) is 67.5. The Kier molecular flexibility index (Phi) is 65.1. The summed E-state index contributed by atoms with van der Waals surface area (Å²) in [6.45, 7) is 4.61. The van der Waals surface area contributed by atoms with Gasteiger partial charge in [0.2, 0.25) is 0 Å². The second kappa shape index (κ2) is 67.8. The van der Waals surface area contributed by atoms with Gasteiger partial charge in [-0.25, -0.2) is 9.13 Å². The van der Waals surface area contributed by atoms with Crippen molar-refractivity contribution in [1.29, 1.82) is 0 Å². The molecule has 5 unspecified atom stereocenters. The molecule has 0 rings (SSSR count). The third kappa shape index (κ3) is 66.8. The molecule has 94 heavy (non-hydrogen) atoms. The lowest BCUT2D eigenvalue weighted by molar-refractivity contribution is -0.161. The van der Waals surface area contributed by atoms with Crippen LogP contribution >= 0.6 is 15.6 Å². The Morgan fingerprint density at radius 2 is 0.574 bits per heavy atom. The number of hydrogen-bond donors (Lipinski definition) is 3. The van der Waals surface area contributed by atoms with E-state index in [1.165, 1.54) is 96.3 Å². The van der Waals surface area contributed by atoms with Gasteiger partial charge in [-0.1, -0.05) is 267 Å². The van der Waals surface area contributed by atoms with Crippen LogP contribution in [0.2, 0.25) is 0 Å². The topological polar surface area (TPSA) is 237 Å². The van der Waals surface area contributed by atoms with Crippen molar-refractivity contribution >= 4 is 39.5 Å². The molecular formula is C75H132O17P2. The number of ether oxygens (including phenoxy) is 4. The van der Waals surface area contributed by atoms with Gasteiger partial charge in [-0.15, -0.1) is 0 Å². The zero-order valence-corrected chi connectivity index (χ0v) is 60.9. The lowest BCUT2D eigenvalue weighted by Gasteiger charge is -2.21. The molecule has 0 aromatic carbocycles. The van der Waals surface area contributed by atoms with Crippen molar-refractivity contribution in [2.24, 2.45) is 0 Å². The van der Waals surface area contributed by atoms with Crippen LogP contribution in [-0.4, -0.2) is 96.7 Å². The fraction of sp³-hybridized carbons (Fsp3) is 0.760. The van der Waals surface area contributed by atoms with E-state index < -0.39 is 97.5 Å². The minimum Gasteiger partial charge on any atom is -0.462 e. The van der Waals surface area contributed by atoms with Crippen molar-refractivity contribution in [3.63, 3.8) is 0 Å². The summed E-state index contributed by atoms with van der Waals surface area (Å²) >= 11 is 0. The van der Waals surface area contributed by atoms with Crippen LogP contribution in [0.1, 0.15) is 310 Å². The van der Waals surface area contributed by atoms with Crippen LogP contribution in [0.4, 0.5) is 0 Å². The van der Waals surface area contributed by atoms with Gasteiger partial charge >= 0.3 is 39.5 Å². The maximum atomic E-state index is 13.0. The molecule has 0 aliphatic carbocycles. The van der Waals surface area contributed by atoms with E-state index >= 15 is 0 Å². The van der Waals surface area contributed by atoms with E-state index in [-0.39, 0.29) is 25.7 Å². The van der Waals surface area contributed by atoms with Gasteiger partial charge in [0.15, 0.2) is 12.2 Å². The largest absolute Gasteiger partial charge is 0.472 e. The molecule has 0 fully saturated rings. The zero-order chi connectivity index (χ0) is 69.0. The van der Waals surface area contributed by atoms with Crippen LogP contribution in [0, 0.1) is 0 Å². The molecule has 19 heteroatoms. The predicted octanol–water partition coefficient (Wildman–Crippen LogP) is 20.7. The van der Waals surface area contributed by atoms with Gasteiger partial charge in [0.25, 0.3) is 0 Å². The van der Waals surface area contributed by atoms with Crippen LogP contribution in [0.15, 0.2) is 85.1 Å². The summed E-state index contributed by atoms with van der Waals surface area (Å²) in [5.41, 5.74) is 0. The van der Waals surface area contributed by atoms with Crippen LogP contribution in [0.25, 0.3) is 0 Å². The lowest BCUT2D eigenvalue weighted by atomic mass is 10.0. The molecule has 0 spiro atoms. The summed E-state index contributed by atoms with van der Waals surface area (Å²) in [7, 11) is -9.95. The first kappa shape index (κ1) is 90.2. The van der Waals surface area contributed by atoms with Crippen molar-refractivity contribution in [1.82, 2.24) is 0 Å². The lowest BCUT2D eigenvalue weighted by Crippen LogP contribution is -2.30. The fourth-order valence-corrected chi connectivity index (χ4v) is 11.3. The molecule has 0 amide bonds. The molecule has 3 N–H and O–H groups in total. The molecule has 0 radical (unpaired) electrons. The van der Waals surface area contributed by atoms with E-state index in [1.54, 1.807) is 0 Å². The summed E-state index contributed by atoms with van der Waals surface area (Å²) in [6, 6.07) is 0. The number of aliphatic hydroxyl groups excluding tert-OH is 1. The highest BCUT2D eigenvalue weighted by Crippen LogP contribution is 2.45. The number of allylic oxidation sites excluding steroid dienone is 14. The Morgan fingerprint density at radius 3 is 0.936 bits per heavy atom. The molecule has 0 aliphatic heterocycles. The molecule has 544 valence electrons. The van der Waals surface area contributed by atoms with Gasteiger partial charge in [0.1, 0.15) is 19.3 Å². The van der Waals surface area contributed by atoms with E-state index in [0.717, 1.165) is 128 Å². The highest BCUT2D eigenvalue weighted by molar-refractivity contribution is 7.47.